The van der Waals surface area contributed by atoms with Crippen LogP contribution in [-0.4, -0.2) is 45.8 Å². The van der Waals surface area contributed by atoms with Crippen molar-refractivity contribution in [2.75, 3.05) is 26.1 Å². The first kappa shape index (κ1) is 18.9. The second kappa shape index (κ2) is 9.70. The van der Waals surface area contributed by atoms with Crippen LogP contribution in [0.15, 0.2) is 58.4 Å². The van der Waals surface area contributed by atoms with Crippen molar-refractivity contribution in [3.63, 3.8) is 0 Å². The Hall–Kier alpha value is -1.90. The molecule has 3 aromatic rings. The number of methoxy groups -OCH3 is 1. The summed E-state index contributed by atoms with van der Waals surface area (Å²) in [7, 11) is 1.69. The van der Waals surface area contributed by atoms with Gasteiger partial charge in [-0.3, -0.25) is 9.55 Å². The van der Waals surface area contributed by atoms with E-state index in [0.29, 0.717) is 19.8 Å². The van der Waals surface area contributed by atoms with E-state index in [1.54, 1.807) is 31.3 Å². The Morgan fingerprint density at radius 3 is 2.73 bits per heavy atom. The standard InChI is InChI=1S/C18H19BrN4O2S/c1-24-10-9-23-17(14-5-7-20-8-6-14)21-22-18(23)26-12-11-25-16-4-2-3-15(19)13-16/h2-8,13H,9-12H2,1H3. The summed E-state index contributed by atoms with van der Waals surface area (Å²) >= 11 is 5.06. The Bertz CT molecular complexity index is 829. The molecule has 0 radical (unpaired) electrons. The normalized spacial score (nSPS) is 10.8. The Morgan fingerprint density at radius 1 is 1.12 bits per heavy atom. The largest absolute Gasteiger partial charge is 0.493 e. The zero-order valence-corrected chi connectivity index (χ0v) is 16.7. The van der Waals surface area contributed by atoms with Gasteiger partial charge in [0.05, 0.1) is 19.8 Å². The summed E-state index contributed by atoms with van der Waals surface area (Å²) in [5.41, 5.74) is 0.987. The lowest BCUT2D eigenvalue weighted by molar-refractivity contribution is 0.185. The molecule has 6 nitrogen and oxygen atoms in total. The molecule has 0 aliphatic heterocycles. The van der Waals surface area contributed by atoms with Gasteiger partial charge >= 0.3 is 0 Å². The molecule has 2 heterocycles. The van der Waals surface area contributed by atoms with Gasteiger partial charge in [0.1, 0.15) is 5.75 Å². The first-order chi connectivity index (χ1) is 12.8. The molecule has 0 bridgehead atoms. The number of halogens is 1. The molecule has 0 aliphatic carbocycles. The van der Waals surface area contributed by atoms with E-state index in [0.717, 1.165) is 32.5 Å². The lowest BCUT2D eigenvalue weighted by atomic mass is 10.2. The monoisotopic (exact) mass is 434 g/mol. The average Bonchev–Trinajstić information content (AvgIpc) is 3.07. The molecule has 0 amide bonds. The third-order valence-corrected chi connectivity index (χ3v) is 4.98. The summed E-state index contributed by atoms with van der Waals surface area (Å²) < 4.78 is 14.1. The molecule has 0 fully saturated rings. The van der Waals surface area contributed by atoms with Crippen molar-refractivity contribution in [1.82, 2.24) is 19.7 Å². The minimum Gasteiger partial charge on any atom is -0.493 e. The van der Waals surface area contributed by atoms with Crippen molar-refractivity contribution in [3.05, 3.63) is 53.3 Å². The van der Waals surface area contributed by atoms with Crippen molar-refractivity contribution in [2.45, 2.75) is 11.7 Å². The highest BCUT2D eigenvalue weighted by atomic mass is 79.9. The first-order valence-corrected chi connectivity index (χ1v) is 9.89. The zero-order valence-electron chi connectivity index (χ0n) is 14.3. The maximum atomic E-state index is 5.78. The summed E-state index contributed by atoms with van der Waals surface area (Å²) in [6.45, 7) is 1.87. The third-order valence-electron chi connectivity index (χ3n) is 3.55. The predicted octanol–water partition coefficient (Wildman–Crippen LogP) is 3.92. The molecular weight excluding hydrogens is 416 g/mol. The van der Waals surface area contributed by atoms with Gasteiger partial charge < -0.3 is 9.47 Å². The quantitative estimate of drug-likeness (QED) is 0.375. The smallest absolute Gasteiger partial charge is 0.191 e. The number of rotatable bonds is 9. The third kappa shape index (κ3) is 5.06. The van der Waals surface area contributed by atoms with Gasteiger partial charge in [0.25, 0.3) is 0 Å². The molecule has 0 spiro atoms. The van der Waals surface area contributed by atoms with Crippen LogP contribution in [0.4, 0.5) is 0 Å². The molecule has 0 N–H and O–H groups in total. The highest BCUT2D eigenvalue weighted by Gasteiger charge is 2.14. The number of ether oxygens (including phenoxy) is 2. The first-order valence-electron chi connectivity index (χ1n) is 8.11. The average molecular weight is 435 g/mol. The minimum absolute atomic E-state index is 0.586. The summed E-state index contributed by atoms with van der Waals surface area (Å²) in [6.07, 6.45) is 3.51. The topological polar surface area (TPSA) is 62.1 Å². The zero-order chi connectivity index (χ0) is 18.2. The highest BCUT2D eigenvalue weighted by molar-refractivity contribution is 9.10. The van der Waals surface area contributed by atoms with Crippen LogP contribution >= 0.6 is 27.7 Å². The van der Waals surface area contributed by atoms with E-state index in [1.807, 2.05) is 36.4 Å². The molecule has 3 rings (SSSR count). The number of hydrogen-bond acceptors (Lipinski definition) is 6. The van der Waals surface area contributed by atoms with Gasteiger partial charge in [-0.25, -0.2) is 0 Å². The molecule has 0 saturated carbocycles. The van der Waals surface area contributed by atoms with Gasteiger partial charge in [-0.15, -0.1) is 10.2 Å². The van der Waals surface area contributed by atoms with Gasteiger partial charge in [0.15, 0.2) is 11.0 Å². The van der Waals surface area contributed by atoms with E-state index in [-0.39, 0.29) is 0 Å². The Labute approximate surface area is 165 Å². The Morgan fingerprint density at radius 2 is 1.96 bits per heavy atom. The van der Waals surface area contributed by atoms with Crippen LogP contribution in [0.5, 0.6) is 5.75 Å². The summed E-state index contributed by atoms with van der Waals surface area (Å²) in [5.74, 6) is 2.44. The molecule has 1 aromatic carbocycles. The number of nitrogens with zero attached hydrogens (tertiary/aromatic N) is 4. The van der Waals surface area contributed by atoms with Gasteiger partial charge in [0, 0.05) is 35.3 Å². The van der Waals surface area contributed by atoms with E-state index in [1.165, 1.54) is 0 Å². The number of benzene rings is 1. The van der Waals surface area contributed by atoms with E-state index < -0.39 is 0 Å². The van der Waals surface area contributed by atoms with E-state index >= 15 is 0 Å². The van der Waals surface area contributed by atoms with Gasteiger partial charge in [-0.2, -0.15) is 0 Å². The molecule has 136 valence electrons. The fourth-order valence-electron chi connectivity index (χ4n) is 2.34. The SMILES string of the molecule is COCCn1c(SCCOc2cccc(Br)c2)nnc1-c1ccncc1. The van der Waals surface area contributed by atoms with Crippen molar-refractivity contribution in [1.29, 1.82) is 0 Å². The molecule has 0 unspecified atom stereocenters. The maximum Gasteiger partial charge on any atom is 0.191 e. The van der Waals surface area contributed by atoms with Crippen LogP contribution in [-0.2, 0) is 11.3 Å². The van der Waals surface area contributed by atoms with Gasteiger partial charge in [-0.05, 0) is 30.3 Å². The van der Waals surface area contributed by atoms with Crippen molar-refractivity contribution in [3.8, 4) is 17.1 Å². The molecule has 8 heteroatoms. The predicted molar refractivity (Wildman–Crippen MR) is 105 cm³/mol. The maximum absolute atomic E-state index is 5.78. The summed E-state index contributed by atoms with van der Waals surface area (Å²) in [4.78, 5) is 4.06. The van der Waals surface area contributed by atoms with Crippen LogP contribution in [0.1, 0.15) is 0 Å². The van der Waals surface area contributed by atoms with Gasteiger partial charge in [0.2, 0.25) is 0 Å². The fourth-order valence-corrected chi connectivity index (χ4v) is 3.50. The highest BCUT2D eigenvalue weighted by Crippen LogP contribution is 2.24. The van der Waals surface area contributed by atoms with Crippen molar-refractivity contribution in [2.24, 2.45) is 0 Å². The molecule has 26 heavy (non-hydrogen) atoms. The molecule has 2 aromatic heterocycles. The Balaban J connectivity index is 1.64. The number of pyridine rings is 1. The lowest BCUT2D eigenvalue weighted by Gasteiger charge is -2.10. The van der Waals surface area contributed by atoms with Crippen LogP contribution in [0.2, 0.25) is 0 Å². The van der Waals surface area contributed by atoms with Crippen LogP contribution in [0, 0.1) is 0 Å². The summed E-state index contributed by atoms with van der Waals surface area (Å²) in [6, 6.07) is 11.7. The molecule has 0 atom stereocenters. The molecule has 0 aliphatic rings. The van der Waals surface area contributed by atoms with E-state index in [4.69, 9.17) is 9.47 Å². The number of thioether (sulfide) groups is 1. The van der Waals surface area contributed by atoms with Crippen LogP contribution in [0.3, 0.4) is 0 Å². The fraction of sp³-hybridized carbons (Fsp3) is 0.278. The van der Waals surface area contributed by atoms with Crippen molar-refractivity contribution >= 4 is 27.7 Å². The minimum atomic E-state index is 0.586. The van der Waals surface area contributed by atoms with E-state index in [9.17, 15) is 0 Å². The summed E-state index contributed by atoms with van der Waals surface area (Å²) in [5, 5.41) is 9.54. The number of aromatic nitrogens is 4. The molecular formula is C18H19BrN4O2S. The van der Waals surface area contributed by atoms with Crippen LogP contribution in [0.25, 0.3) is 11.4 Å². The van der Waals surface area contributed by atoms with E-state index in [2.05, 4.69) is 35.7 Å². The second-order valence-electron chi connectivity index (χ2n) is 5.34. The van der Waals surface area contributed by atoms with Crippen molar-refractivity contribution < 1.29 is 9.47 Å². The second-order valence-corrected chi connectivity index (χ2v) is 7.32. The lowest BCUT2D eigenvalue weighted by Crippen LogP contribution is -2.08. The van der Waals surface area contributed by atoms with Crippen LogP contribution < -0.4 is 4.74 Å². The number of hydrogen-bond donors (Lipinski definition) is 0. The Kier molecular flexibility index (Phi) is 7.04. The molecule has 0 saturated heterocycles. The van der Waals surface area contributed by atoms with Gasteiger partial charge in [-0.1, -0.05) is 33.8 Å².